The van der Waals surface area contributed by atoms with Gasteiger partial charge in [-0.3, -0.25) is 0 Å². The molecule has 1 aromatic carbocycles. The molecule has 1 aromatic rings. The van der Waals surface area contributed by atoms with E-state index in [4.69, 9.17) is 10.8 Å². The van der Waals surface area contributed by atoms with Gasteiger partial charge in [-0.2, -0.15) is 0 Å². The van der Waals surface area contributed by atoms with Gasteiger partial charge in [0, 0.05) is 19.2 Å². The zero-order valence-corrected chi connectivity index (χ0v) is 9.90. The van der Waals surface area contributed by atoms with Crippen LogP contribution >= 0.6 is 0 Å². The van der Waals surface area contributed by atoms with E-state index in [9.17, 15) is 4.39 Å². The van der Waals surface area contributed by atoms with Crippen molar-refractivity contribution in [2.24, 2.45) is 0 Å². The first kappa shape index (κ1) is 12.2. The number of nitrogens with zero attached hydrogens (tertiary/aromatic N) is 1. The summed E-state index contributed by atoms with van der Waals surface area (Å²) in [4.78, 5) is 2.14. The molecule has 0 spiro atoms. The first-order valence-corrected chi connectivity index (χ1v) is 6.15. The SMILES string of the molecule is Nc1c(F)cccc1N(CCCO)C1CCC1. The van der Waals surface area contributed by atoms with Crippen LogP contribution in [-0.4, -0.2) is 24.3 Å². The number of para-hydroxylation sites is 1. The van der Waals surface area contributed by atoms with Gasteiger partial charge in [-0.25, -0.2) is 4.39 Å². The van der Waals surface area contributed by atoms with Crippen LogP contribution in [0.25, 0.3) is 0 Å². The lowest BCUT2D eigenvalue weighted by molar-refractivity contribution is 0.283. The van der Waals surface area contributed by atoms with Crippen molar-refractivity contribution in [2.75, 3.05) is 23.8 Å². The standard InChI is InChI=1S/C13H19FN2O/c14-11-6-2-7-12(13(11)15)16(8-3-9-17)10-4-1-5-10/h2,6-7,10,17H,1,3-5,8-9,15H2. The molecule has 0 atom stereocenters. The van der Waals surface area contributed by atoms with Gasteiger partial charge in [0.1, 0.15) is 5.82 Å². The molecular weight excluding hydrogens is 219 g/mol. The monoisotopic (exact) mass is 238 g/mol. The molecule has 0 heterocycles. The average molecular weight is 238 g/mol. The van der Waals surface area contributed by atoms with E-state index in [1.54, 1.807) is 6.07 Å². The van der Waals surface area contributed by atoms with Gasteiger partial charge in [-0.05, 0) is 37.8 Å². The second-order valence-electron chi connectivity index (χ2n) is 4.53. The molecule has 2 rings (SSSR count). The number of hydrogen-bond acceptors (Lipinski definition) is 3. The minimum absolute atomic E-state index is 0.151. The van der Waals surface area contributed by atoms with Gasteiger partial charge in [0.15, 0.2) is 0 Å². The fourth-order valence-corrected chi connectivity index (χ4v) is 2.22. The highest BCUT2D eigenvalue weighted by Gasteiger charge is 2.26. The molecule has 17 heavy (non-hydrogen) atoms. The van der Waals surface area contributed by atoms with Crippen molar-refractivity contribution in [1.82, 2.24) is 0 Å². The number of rotatable bonds is 5. The van der Waals surface area contributed by atoms with E-state index in [0.717, 1.165) is 25.1 Å². The molecule has 0 radical (unpaired) electrons. The third kappa shape index (κ3) is 2.52. The van der Waals surface area contributed by atoms with Crippen LogP contribution in [0.4, 0.5) is 15.8 Å². The van der Waals surface area contributed by atoms with Gasteiger partial charge >= 0.3 is 0 Å². The summed E-state index contributed by atoms with van der Waals surface area (Å²) >= 11 is 0. The lowest BCUT2D eigenvalue weighted by atomic mass is 9.90. The van der Waals surface area contributed by atoms with Crippen molar-refractivity contribution in [1.29, 1.82) is 0 Å². The minimum atomic E-state index is -0.365. The summed E-state index contributed by atoms with van der Waals surface area (Å²) < 4.78 is 13.4. The average Bonchev–Trinajstić information content (AvgIpc) is 2.26. The Bertz CT molecular complexity index is 380. The number of halogens is 1. The first-order valence-electron chi connectivity index (χ1n) is 6.15. The smallest absolute Gasteiger partial charge is 0.148 e. The number of aliphatic hydroxyl groups excluding tert-OH is 1. The summed E-state index contributed by atoms with van der Waals surface area (Å²) in [5.41, 5.74) is 6.78. The number of anilines is 2. The molecule has 3 N–H and O–H groups in total. The predicted octanol–water partition coefficient (Wildman–Crippen LogP) is 2.15. The Morgan fingerprint density at radius 1 is 1.41 bits per heavy atom. The maximum Gasteiger partial charge on any atom is 0.148 e. The van der Waals surface area contributed by atoms with Gasteiger partial charge in [0.05, 0.1) is 11.4 Å². The summed E-state index contributed by atoms with van der Waals surface area (Å²) in [6.07, 6.45) is 4.16. The molecule has 0 unspecified atom stereocenters. The Labute approximate surface area is 101 Å². The van der Waals surface area contributed by atoms with E-state index in [1.807, 2.05) is 6.07 Å². The highest BCUT2D eigenvalue weighted by Crippen LogP contribution is 2.33. The summed E-state index contributed by atoms with van der Waals surface area (Å²) in [5.74, 6) is -0.365. The fraction of sp³-hybridized carbons (Fsp3) is 0.538. The molecule has 0 bridgehead atoms. The van der Waals surface area contributed by atoms with Crippen molar-refractivity contribution in [2.45, 2.75) is 31.7 Å². The van der Waals surface area contributed by atoms with Crippen LogP contribution in [0.2, 0.25) is 0 Å². The van der Waals surface area contributed by atoms with Gasteiger partial charge in [-0.1, -0.05) is 6.07 Å². The number of nitrogens with two attached hydrogens (primary N) is 1. The molecule has 1 fully saturated rings. The highest BCUT2D eigenvalue weighted by atomic mass is 19.1. The van der Waals surface area contributed by atoms with Crippen molar-refractivity contribution < 1.29 is 9.50 Å². The summed E-state index contributed by atoms with van der Waals surface area (Å²) in [5, 5.41) is 8.93. The first-order chi connectivity index (χ1) is 8.24. The fourth-order valence-electron chi connectivity index (χ4n) is 2.22. The molecule has 94 valence electrons. The van der Waals surface area contributed by atoms with Gasteiger partial charge in [0.2, 0.25) is 0 Å². The lowest BCUT2D eigenvalue weighted by Crippen LogP contribution is -2.41. The minimum Gasteiger partial charge on any atom is -0.396 e. The number of benzene rings is 1. The van der Waals surface area contributed by atoms with Crippen LogP contribution in [0.5, 0.6) is 0 Å². The van der Waals surface area contributed by atoms with Crippen LogP contribution < -0.4 is 10.6 Å². The summed E-state index contributed by atoms with van der Waals surface area (Å²) in [6, 6.07) is 5.37. The van der Waals surface area contributed by atoms with Crippen LogP contribution in [0.1, 0.15) is 25.7 Å². The number of nitrogen functional groups attached to an aromatic ring is 1. The summed E-state index contributed by atoms with van der Waals surface area (Å²) in [7, 11) is 0. The molecular formula is C13H19FN2O. The molecule has 1 aliphatic carbocycles. The van der Waals surface area contributed by atoms with Gasteiger partial charge in [0.25, 0.3) is 0 Å². The molecule has 4 heteroatoms. The van der Waals surface area contributed by atoms with E-state index < -0.39 is 0 Å². The Morgan fingerprint density at radius 2 is 2.18 bits per heavy atom. The molecule has 0 saturated heterocycles. The molecule has 0 aliphatic heterocycles. The molecule has 0 aromatic heterocycles. The van der Waals surface area contributed by atoms with Crippen molar-refractivity contribution in [3.8, 4) is 0 Å². The largest absolute Gasteiger partial charge is 0.396 e. The van der Waals surface area contributed by atoms with Crippen molar-refractivity contribution in [3.05, 3.63) is 24.0 Å². The Morgan fingerprint density at radius 3 is 2.76 bits per heavy atom. The second kappa shape index (κ2) is 5.36. The van der Waals surface area contributed by atoms with E-state index in [0.29, 0.717) is 12.5 Å². The van der Waals surface area contributed by atoms with Crippen LogP contribution in [-0.2, 0) is 0 Å². The van der Waals surface area contributed by atoms with Gasteiger partial charge in [-0.15, -0.1) is 0 Å². The molecule has 1 saturated carbocycles. The van der Waals surface area contributed by atoms with E-state index in [1.165, 1.54) is 12.5 Å². The third-order valence-corrected chi connectivity index (χ3v) is 3.41. The Kier molecular flexibility index (Phi) is 3.84. The van der Waals surface area contributed by atoms with E-state index in [2.05, 4.69) is 4.90 Å². The predicted molar refractivity (Wildman–Crippen MR) is 67.5 cm³/mol. The number of hydrogen-bond donors (Lipinski definition) is 2. The summed E-state index contributed by atoms with van der Waals surface area (Å²) in [6.45, 7) is 0.882. The van der Waals surface area contributed by atoms with Crippen molar-refractivity contribution >= 4 is 11.4 Å². The van der Waals surface area contributed by atoms with E-state index >= 15 is 0 Å². The zero-order chi connectivity index (χ0) is 12.3. The van der Waals surface area contributed by atoms with Crippen LogP contribution in [0.15, 0.2) is 18.2 Å². The lowest BCUT2D eigenvalue weighted by Gasteiger charge is -2.39. The Hall–Kier alpha value is -1.29. The normalized spacial score (nSPS) is 15.6. The second-order valence-corrected chi connectivity index (χ2v) is 4.53. The Balaban J connectivity index is 2.21. The number of aliphatic hydroxyl groups is 1. The van der Waals surface area contributed by atoms with Crippen LogP contribution in [0.3, 0.4) is 0 Å². The topological polar surface area (TPSA) is 49.5 Å². The van der Waals surface area contributed by atoms with Crippen LogP contribution in [0, 0.1) is 5.82 Å². The van der Waals surface area contributed by atoms with Crippen molar-refractivity contribution in [3.63, 3.8) is 0 Å². The molecule has 0 amide bonds. The maximum absolute atomic E-state index is 13.4. The van der Waals surface area contributed by atoms with E-state index in [-0.39, 0.29) is 18.1 Å². The zero-order valence-electron chi connectivity index (χ0n) is 9.90. The highest BCUT2D eigenvalue weighted by molar-refractivity contribution is 5.68. The molecule has 3 nitrogen and oxygen atoms in total. The van der Waals surface area contributed by atoms with Gasteiger partial charge < -0.3 is 15.7 Å². The molecule has 1 aliphatic rings. The maximum atomic E-state index is 13.4. The third-order valence-electron chi connectivity index (χ3n) is 3.41. The quantitative estimate of drug-likeness (QED) is 0.773.